The Labute approximate surface area is 138 Å². The molecule has 0 unspecified atom stereocenters. The van der Waals surface area contributed by atoms with Crippen LogP contribution in [0, 0.1) is 0 Å². The van der Waals surface area contributed by atoms with Gasteiger partial charge in [0.15, 0.2) is 0 Å². The first-order chi connectivity index (χ1) is 11.1. The lowest BCUT2D eigenvalue weighted by atomic mass is 10.0. The topological polar surface area (TPSA) is 66.4 Å². The van der Waals surface area contributed by atoms with Crippen molar-refractivity contribution in [3.8, 4) is 0 Å². The first kappa shape index (κ1) is 15.3. The Morgan fingerprint density at radius 1 is 1.17 bits per heavy atom. The van der Waals surface area contributed by atoms with Gasteiger partial charge in [0.05, 0.1) is 5.56 Å². The number of anilines is 1. The number of rotatable bonds is 4. The van der Waals surface area contributed by atoms with Gasteiger partial charge in [0, 0.05) is 22.7 Å². The Hall–Kier alpha value is -2.59. The molecule has 0 aromatic heterocycles. The number of amides is 1. The van der Waals surface area contributed by atoms with Crippen molar-refractivity contribution < 1.29 is 14.7 Å². The third kappa shape index (κ3) is 3.12. The van der Waals surface area contributed by atoms with Gasteiger partial charge < -0.3 is 10.4 Å². The molecular formula is C18H14ClNO3. The van der Waals surface area contributed by atoms with E-state index in [0.717, 1.165) is 28.8 Å². The number of carboxylic acid groups (broad SMARTS) is 1. The molecule has 23 heavy (non-hydrogen) atoms. The molecule has 5 heteroatoms. The lowest BCUT2D eigenvalue weighted by Crippen LogP contribution is -2.03. The van der Waals surface area contributed by atoms with E-state index < -0.39 is 5.97 Å². The molecule has 3 rings (SSSR count). The van der Waals surface area contributed by atoms with Crippen LogP contribution >= 0.6 is 11.6 Å². The summed E-state index contributed by atoms with van der Waals surface area (Å²) in [5.41, 5.74) is 4.26. The molecule has 0 saturated heterocycles. The maximum Gasteiger partial charge on any atom is 0.335 e. The van der Waals surface area contributed by atoms with Crippen molar-refractivity contribution in [1.82, 2.24) is 0 Å². The molecule has 116 valence electrons. The molecule has 2 aromatic rings. The highest BCUT2D eigenvalue weighted by Crippen LogP contribution is 2.34. The third-order valence-electron chi connectivity index (χ3n) is 3.72. The van der Waals surface area contributed by atoms with Crippen LogP contribution in [0.3, 0.4) is 0 Å². The number of halogens is 1. The van der Waals surface area contributed by atoms with Gasteiger partial charge in [-0.25, -0.2) is 4.79 Å². The van der Waals surface area contributed by atoms with Gasteiger partial charge in [-0.15, -0.1) is 11.6 Å². The van der Waals surface area contributed by atoms with Crippen LogP contribution in [0.15, 0.2) is 42.5 Å². The fraction of sp³-hybridized carbons (Fsp3) is 0.111. The fourth-order valence-corrected chi connectivity index (χ4v) is 2.75. The molecule has 0 radical (unpaired) electrons. The Morgan fingerprint density at radius 3 is 2.57 bits per heavy atom. The second-order valence-electron chi connectivity index (χ2n) is 5.26. The molecule has 2 N–H and O–H groups in total. The van der Waals surface area contributed by atoms with E-state index in [2.05, 4.69) is 5.32 Å². The lowest BCUT2D eigenvalue weighted by Gasteiger charge is -2.03. The molecule has 0 aliphatic carbocycles. The van der Waals surface area contributed by atoms with E-state index in [-0.39, 0.29) is 11.5 Å². The molecule has 1 amide bonds. The average molecular weight is 328 g/mol. The van der Waals surface area contributed by atoms with Crippen molar-refractivity contribution in [2.75, 3.05) is 11.2 Å². The first-order valence-corrected chi connectivity index (χ1v) is 7.67. The Balaban J connectivity index is 1.98. The van der Waals surface area contributed by atoms with Gasteiger partial charge in [-0.3, -0.25) is 4.79 Å². The van der Waals surface area contributed by atoms with Crippen molar-refractivity contribution in [2.45, 2.75) is 6.42 Å². The molecule has 1 aliphatic rings. The Kier molecular flexibility index (Phi) is 4.17. The van der Waals surface area contributed by atoms with Crippen LogP contribution in [0.25, 0.3) is 11.6 Å². The largest absolute Gasteiger partial charge is 0.478 e. The van der Waals surface area contributed by atoms with Crippen LogP contribution in [-0.4, -0.2) is 22.9 Å². The number of nitrogens with one attached hydrogen (secondary N) is 1. The zero-order chi connectivity index (χ0) is 16.4. The zero-order valence-electron chi connectivity index (χ0n) is 12.2. The van der Waals surface area contributed by atoms with Gasteiger partial charge in [0.2, 0.25) is 0 Å². The molecule has 0 spiro atoms. The molecule has 2 aromatic carbocycles. The summed E-state index contributed by atoms with van der Waals surface area (Å²) in [7, 11) is 0. The van der Waals surface area contributed by atoms with E-state index in [1.165, 1.54) is 12.1 Å². The molecular weight excluding hydrogens is 314 g/mol. The number of benzene rings is 2. The second-order valence-corrected chi connectivity index (χ2v) is 5.64. The summed E-state index contributed by atoms with van der Waals surface area (Å²) >= 11 is 5.78. The van der Waals surface area contributed by atoms with Crippen molar-refractivity contribution in [3.05, 3.63) is 64.7 Å². The number of hydrogen-bond donors (Lipinski definition) is 2. The van der Waals surface area contributed by atoms with E-state index in [1.807, 2.05) is 18.2 Å². The monoisotopic (exact) mass is 327 g/mol. The van der Waals surface area contributed by atoms with Gasteiger partial charge >= 0.3 is 5.97 Å². The lowest BCUT2D eigenvalue weighted by molar-refractivity contribution is -0.110. The average Bonchev–Trinajstić information content (AvgIpc) is 2.84. The first-order valence-electron chi connectivity index (χ1n) is 7.14. The zero-order valence-corrected chi connectivity index (χ0v) is 12.9. The van der Waals surface area contributed by atoms with Gasteiger partial charge in [-0.2, -0.15) is 0 Å². The third-order valence-corrected chi connectivity index (χ3v) is 3.91. The van der Waals surface area contributed by atoms with E-state index in [4.69, 9.17) is 16.7 Å². The summed E-state index contributed by atoms with van der Waals surface area (Å²) in [6.45, 7) is 0. The van der Waals surface area contributed by atoms with E-state index in [0.29, 0.717) is 11.5 Å². The molecule has 0 atom stereocenters. The van der Waals surface area contributed by atoms with Crippen molar-refractivity contribution in [3.63, 3.8) is 0 Å². The Morgan fingerprint density at radius 2 is 1.91 bits per heavy atom. The molecule has 4 nitrogen and oxygen atoms in total. The number of carbonyl (C=O) groups excluding carboxylic acids is 1. The minimum absolute atomic E-state index is 0.162. The number of hydrogen-bond acceptors (Lipinski definition) is 2. The summed E-state index contributed by atoms with van der Waals surface area (Å²) < 4.78 is 0. The maximum atomic E-state index is 12.2. The normalized spacial score (nSPS) is 14.7. The van der Waals surface area contributed by atoms with Gasteiger partial charge in [-0.1, -0.05) is 18.2 Å². The number of alkyl halides is 1. The number of carbonyl (C=O) groups is 2. The predicted molar refractivity (Wildman–Crippen MR) is 90.8 cm³/mol. The highest BCUT2D eigenvalue weighted by molar-refractivity contribution is 6.35. The fourth-order valence-electron chi connectivity index (χ4n) is 2.53. The number of fused-ring (bicyclic) bond motifs is 1. The van der Waals surface area contributed by atoms with Crippen LogP contribution in [-0.2, 0) is 11.2 Å². The summed E-state index contributed by atoms with van der Waals surface area (Å²) in [6, 6.07) is 12.2. The van der Waals surface area contributed by atoms with Crippen molar-refractivity contribution in [2.24, 2.45) is 0 Å². The van der Waals surface area contributed by atoms with Crippen LogP contribution in [0.5, 0.6) is 0 Å². The predicted octanol–water partition coefficient (Wildman–Crippen LogP) is 3.66. The van der Waals surface area contributed by atoms with Crippen molar-refractivity contribution in [1.29, 1.82) is 0 Å². The highest BCUT2D eigenvalue weighted by Gasteiger charge is 2.24. The smallest absolute Gasteiger partial charge is 0.335 e. The summed E-state index contributed by atoms with van der Waals surface area (Å²) in [4.78, 5) is 23.1. The van der Waals surface area contributed by atoms with Crippen LogP contribution < -0.4 is 5.32 Å². The number of carboxylic acids is 1. The summed E-state index contributed by atoms with van der Waals surface area (Å²) in [5, 5.41) is 11.8. The summed E-state index contributed by atoms with van der Waals surface area (Å²) in [5.74, 6) is -0.611. The standard InChI is InChI=1S/C18H14ClNO3/c19-8-7-12-3-6-16-14(9-12)15(17(21)20-16)10-11-1-4-13(5-2-11)18(22)23/h1-6,9-10H,7-8H2,(H,20,21)(H,22,23). The van der Waals surface area contributed by atoms with Gasteiger partial charge in [0.25, 0.3) is 5.91 Å². The SMILES string of the molecule is O=C1Nc2ccc(CCCl)cc2C1=Cc1ccc(C(=O)O)cc1. The summed E-state index contributed by atoms with van der Waals surface area (Å²) in [6.07, 6.45) is 2.50. The van der Waals surface area contributed by atoms with Gasteiger partial charge in [-0.05, 0) is 47.9 Å². The number of aromatic carboxylic acids is 1. The molecule has 1 aliphatic heterocycles. The number of aryl methyl sites for hydroxylation is 1. The molecule has 0 saturated carbocycles. The van der Waals surface area contributed by atoms with Crippen LogP contribution in [0.2, 0.25) is 0 Å². The second kappa shape index (κ2) is 6.26. The van der Waals surface area contributed by atoms with E-state index in [9.17, 15) is 9.59 Å². The molecule has 1 heterocycles. The quantitative estimate of drug-likeness (QED) is 0.665. The minimum atomic E-state index is -0.973. The van der Waals surface area contributed by atoms with E-state index in [1.54, 1.807) is 18.2 Å². The minimum Gasteiger partial charge on any atom is -0.478 e. The van der Waals surface area contributed by atoms with Crippen LogP contribution in [0.4, 0.5) is 5.69 Å². The maximum absolute atomic E-state index is 12.2. The molecule has 0 fully saturated rings. The van der Waals surface area contributed by atoms with Crippen LogP contribution in [0.1, 0.15) is 27.0 Å². The van der Waals surface area contributed by atoms with E-state index >= 15 is 0 Å². The van der Waals surface area contributed by atoms with Gasteiger partial charge in [0.1, 0.15) is 0 Å². The Bertz CT molecular complexity index is 810. The van der Waals surface area contributed by atoms with Crippen molar-refractivity contribution >= 4 is 40.8 Å². The molecule has 0 bridgehead atoms. The highest BCUT2D eigenvalue weighted by atomic mass is 35.5.